The van der Waals surface area contributed by atoms with Gasteiger partial charge in [0.05, 0.1) is 19.3 Å². The Morgan fingerprint density at radius 3 is 1.59 bits per heavy atom. The highest BCUT2D eigenvalue weighted by molar-refractivity contribution is 6.61. The summed E-state index contributed by atoms with van der Waals surface area (Å²) in [5, 5.41) is 5.75. The quantitative estimate of drug-likeness (QED) is 0.0922. The molecule has 0 radical (unpaired) electrons. The lowest BCUT2D eigenvalue weighted by molar-refractivity contribution is 0.0700. The van der Waals surface area contributed by atoms with Crippen molar-refractivity contribution in [1.29, 1.82) is 0 Å². The van der Waals surface area contributed by atoms with Crippen LogP contribution in [0.1, 0.15) is 54.4 Å². The third-order valence-corrected chi connectivity index (χ3v) is 12.7. The third-order valence-electron chi connectivity index (χ3n) is 6.44. The van der Waals surface area contributed by atoms with Crippen LogP contribution in [0.2, 0.25) is 12.1 Å². The molecule has 3 amide bonds. The summed E-state index contributed by atoms with van der Waals surface area (Å²) in [4.78, 5) is 27.2. The van der Waals surface area contributed by atoms with E-state index in [9.17, 15) is 9.59 Å². The molecule has 15 heteroatoms. The molecule has 1 saturated heterocycles. The Hall–Kier alpha value is -2.09. The number of ether oxygens (including phenoxy) is 2. The van der Waals surface area contributed by atoms with Crippen molar-refractivity contribution in [2.75, 3.05) is 70.8 Å². The van der Waals surface area contributed by atoms with Gasteiger partial charge in [-0.25, -0.2) is 9.59 Å². The van der Waals surface area contributed by atoms with Gasteiger partial charge in [0, 0.05) is 70.5 Å². The topological polar surface area (TPSA) is 139 Å². The molecule has 1 aromatic rings. The van der Waals surface area contributed by atoms with Crippen molar-refractivity contribution in [1.82, 2.24) is 10.6 Å². The number of rotatable bonds is 24. The Morgan fingerprint density at radius 2 is 1.18 bits per heavy atom. The molecule has 1 unspecified atom stereocenters. The molecule has 13 nitrogen and oxygen atoms in total. The molecular formula is C29H53N3O10Si2. The van der Waals surface area contributed by atoms with Gasteiger partial charge in [0.1, 0.15) is 5.75 Å². The molecule has 1 aliphatic heterocycles. The zero-order chi connectivity index (χ0) is 32.3. The van der Waals surface area contributed by atoms with Gasteiger partial charge in [-0.15, -0.1) is 0 Å². The van der Waals surface area contributed by atoms with Gasteiger partial charge in [0.2, 0.25) is 0 Å². The lowest BCUT2D eigenvalue weighted by atomic mass is 10.2. The molecule has 1 aliphatic rings. The second-order valence-corrected chi connectivity index (χ2v) is 15.2. The van der Waals surface area contributed by atoms with Gasteiger partial charge in [-0.1, -0.05) is 0 Å². The number of benzene rings is 1. The monoisotopic (exact) mass is 659 g/mol. The molecule has 1 aromatic carbocycles. The Kier molecular flexibility index (Phi) is 18.1. The van der Waals surface area contributed by atoms with Gasteiger partial charge >= 0.3 is 29.7 Å². The van der Waals surface area contributed by atoms with Crippen LogP contribution in [0.25, 0.3) is 0 Å². The second-order valence-electron chi connectivity index (χ2n) is 9.78. The molecule has 1 heterocycles. The molecule has 0 aromatic heterocycles. The van der Waals surface area contributed by atoms with E-state index in [0.29, 0.717) is 102 Å². The van der Waals surface area contributed by atoms with E-state index in [2.05, 4.69) is 10.6 Å². The van der Waals surface area contributed by atoms with Crippen LogP contribution in [-0.2, 0) is 31.3 Å². The Morgan fingerprint density at radius 1 is 0.750 bits per heavy atom. The van der Waals surface area contributed by atoms with Crippen molar-refractivity contribution in [3.63, 3.8) is 0 Å². The van der Waals surface area contributed by atoms with Crippen molar-refractivity contribution in [2.24, 2.45) is 0 Å². The molecule has 1 atom stereocenters. The first kappa shape index (κ1) is 38.1. The molecule has 0 spiro atoms. The molecule has 0 saturated carbocycles. The average molecular weight is 660 g/mol. The number of hydrogen-bond donors (Lipinski definition) is 2. The number of nitrogens with zero attached hydrogens (tertiary/aromatic N) is 1. The summed E-state index contributed by atoms with van der Waals surface area (Å²) in [5.74, 6) is 0.361. The van der Waals surface area contributed by atoms with E-state index in [1.165, 1.54) is 0 Å². The lowest BCUT2D eigenvalue weighted by Gasteiger charge is -2.28. The maximum absolute atomic E-state index is 13.2. The number of anilines is 1. The van der Waals surface area contributed by atoms with Crippen LogP contribution in [0, 0.1) is 0 Å². The van der Waals surface area contributed by atoms with Gasteiger partial charge in [-0.2, -0.15) is 0 Å². The van der Waals surface area contributed by atoms with Crippen molar-refractivity contribution in [2.45, 2.75) is 72.6 Å². The molecule has 252 valence electrons. The van der Waals surface area contributed by atoms with E-state index in [0.717, 1.165) is 0 Å². The number of carbonyl (C=O) groups is 2. The van der Waals surface area contributed by atoms with E-state index in [4.69, 9.17) is 36.0 Å². The van der Waals surface area contributed by atoms with Gasteiger partial charge in [0.25, 0.3) is 0 Å². The fraction of sp³-hybridized carbons (Fsp3) is 0.724. The fourth-order valence-corrected chi connectivity index (χ4v) is 9.84. The van der Waals surface area contributed by atoms with Crippen molar-refractivity contribution < 1.29 is 45.6 Å². The van der Waals surface area contributed by atoms with E-state index in [1.807, 2.05) is 41.5 Å². The van der Waals surface area contributed by atoms with E-state index in [1.54, 1.807) is 29.2 Å². The minimum atomic E-state index is -2.77. The first-order valence-electron chi connectivity index (χ1n) is 15.9. The predicted octanol–water partition coefficient (Wildman–Crippen LogP) is 4.57. The van der Waals surface area contributed by atoms with Gasteiger partial charge in [-0.3, -0.25) is 4.90 Å². The van der Waals surface area contributed by atoms with Crippen LogP contribution in [0.4, 0.5) is 15.3 Å². The van der Waals surface area contributed by atoms with E-state index in [-0.39, 0.29) is 12.1 Å². The van der Waals surface area contributed by atoms with E-state index < -0.39 is 23.7 Å². The number of epoxide rings is 1. The summed E-state index contributed by atoms with van der Waals surface area (Å²) < 4.78 is 46.1. The summed E-state index contributed by atoms with van der Waals surface area (Å²) in [6, 6.07) is 7.76. The van der Waals surface area contributed by atoms with Crippen LogP contribution in [-0.4, -0.2) is 102 Å². The lowest BCUT2D eigenvalue weighted by Crippen LogP contribution is -2.47. The first-order valence-corrected chi connectivity index (χ1v) is 19.7. The molecule has 2 rings (SSSR count). The minimum absolute atomic E-state index is 0.00801. The first-order chi connectivity index (χ1) is 21.3. The van der Waals surface area contributed by atoms with Crippen LogP contribution >= 0.6 is 0 Å². The second kappa shape index (κ2) is 20.8. The zero-order valence-corrected chi connectivity index (χ0v) is 29.3. The Labute approximate surface area is 264 Å². The summed E-state index contributed by atoms with van der Waals surface area (Å²) in [6.07, 6.45) is 0.701. The minimum Gasteiger partial charge on any atom is -0.410 e. The Balaban J connectivity index is 1.88. The Bertz CT molecular complexity index is 922. The van der Waals surface area contributed by atoms with Gasteiger partial charge in [-0.05, 0) is 78.6 Å². The normalized spacial score (nSPS) is 14.7. The molecule has 0 bridgehead atoms. The third kappa shape index (κ3) is 13.5. The fourth-order valence-electron chi connectivity index (χ4n) is 4.61. The smallest absolute Gasteiger partial charge is 0.410 e. The van der Waals surface area contributed by atoms with Crippen LogP contribution in [0.15, 0.2) is 24.3 Å². The molecule has 44 heavy (non-hydrogen) atoms. The molecule has 0 aliphatic carbocycles. The number of carbonyl (C=O) groups excluding carboxylic acids is 2. The van der Waals surface area contributed by atoms with E-state index >= 15 is 0 Å². The number of hydrogen-bond acceptors (Lipinski definition) is 10. The summed E-state index contributed by atoms with van der Waals surface area (Å²) in [5.41, 5.74) is 0.663. The number of nitrogens with one attached hydrogen (secondary N) is 2. The predicted molar refractivity (Wildman–Crippen MR) is 171 cm³/mol. The standard InChI is InChI=1S/C29H53N3O10Si2/c1-7-36-43(37-8-2,38-9-3)21-13-19-30-28(33)32(23-27-24-35-27)25-15-17-26(18-16-25)42-29(34)31-20-14-22-44(39-10-4,40-11-5)41-12-6/h15-18,27H,7-14,19-24H2,1-6H3,(H,30,33)(H,31,34). The maximum Gasteiger partial charge on any atom is 0.500 e. The van der Waals surface area contributed by atoms with Crippen LogP contribution < -0.4 is 20.3 Å². The van der Waals surface area contributed by atoms with Gasteiger partial charge < -0.3 is 46.7 Å². The van der Waals surface area contributed by atoms with Crippen molar-refractivity contribution in [3.05, 3.63) is 24.3 Å². The number of amides is 3. The highest BCUT2D eigenvalue weighted by atomic mass is 28.4. The highest BCUT2D eigenvalue weighted by Gasteiger charge is 2.40. The summed E-state index contributed by atoms with van der Waals surface area (Å²) in [7, 11) is -5.53. The van der Waals surface area contributed by atoms with Crippen molar-refractivity contribution >= 4 is 35.4 Å². The molecule has 1 fully saturated rings. The summed E-state index contributed by atoms with van der Waals surface area (Å²) in [6.45, 7) is 16.4. The average Bonchev–Trinajstić information content (AvgIpc) is 3.82. The maximum atomic E-state index is 13.2. The van der Waals surface area contributed by atoms with Gasteiger partial charge in [0.15, 0.2) is 0 Å². The zero-order valence-electron chi connectivity index (χ0n) is 27.3. The van der Waals surface area contributed by atoms with Crippen molar-refractivity contribution in [3.8, 4) is 5.75 Å². The van der Waals surface area contributed by atoms with Crippen LogP contribution in [0.3, 0.4) is 0 Å². The molecule has 2 N–H and O–H groups in total. The largest absolute Gasteiger partial charge is 0.500 e. The van der Waals surface area contributed by atoms with Crippen LogP contribution in [0.5, 0.6) is 5.75 Å². The SMILES string of the molecule is CCO[Si](CCCNC(=O)Oc1ccc(N(CC2CO2)C(=O)NCCC[Si](OCC)(OCC)OCC)cc1)(OCC)OCC. The summed E-state index contributed by atoms with van der Waals surface area (Å²) >= 11 is 0. The molecular weight excluding hydrogens is 607 g/mol. The highest BCUT2D eigenvalue weighted by Crippen LogP contribution is 2.23. The number of urea groups is 1.